The summed E-state index contributed by atoms with van der Waals surface area (Å²) in [4.78, 5) is 62.1. The number of aryl methyl sites for hydroxylation is 2. The van der Waals surface area contributed by atoms with Crippen LogP contribution in [0.5, 0.6) is 0 Å². The molecule has 6 N–H and O–H groups in total. The number of amides is 2. The number of rotatable bonds is 10. The second-order valence-corrected chi connectivity index (χ2v) is 22.2. The smallest absolute Gasteiger partial charge is 0.306 e. The van der Waals surface area contributed by atoms with Gasteiger partial charge in [-0.05, 0) is 150 Å². The lowest BCUT2D eigenvalue weighted by atomic mass is 9.91. The number of benzene rings is 2. The standard InChI is InChI=1S/C31H38N6O3.C25H29N7O/c1-31(2,3)40-27(38)13-20-12-23(32)18-36(16-20)30(39)22-9-10-25-24(14-22)34-29(35(25)4)26-15-21-6-5-11-33-28(21)37(26)17-19-7-8-19;1-30-21-7-6-17(25(33)31-13-18(26)11-19(27)14-31)9-20(21)29-24(30)22-10-16-3-2-8-28-23(16)32(22)12-15-4-5-15/h5-6,9-11,14-15,19-20,23H,7-8,12-13,16-18,32H2,1-4H3;2-3,6-10,15,18-19H,4-5,11-14,26-27H2,1H3/t20-,23-;18-,19+/m0./s1. The summed E-state index contributed by atoms with van der Waals surface area (Å²) >= 11 is 0. The molecule has 2 saturated heterocycles. The van der Waals surface area contributed by atoms with Crippen LogP contribution in [-0.4, -0.2) is 116 Å². The fourth-order valence-electron chi connectivity index (χ4n) is 11.0. The Morgan fingerprint density at radius 3 is 1.51 bits per heavy atom. The number of imidazole rings is 2. The topological polar surface area (TPSA) is 216 Å². The zero-order valence-corrected chi connectivity index (χ0v) is 42.6. The third-order valence-electron chi connectivity index (χ3n) is 14.8. The molecule has 0 spiro atoms. The van der Waals surface area contributed by atoms with Crippen LogP contribution in [0.2, 0.25) is 0 Å². The maximum atomic E-state index is 13.6. The number of nitrogens with two attached hydrogens (primary N) is 3. The van der Waals surface area contributed by atoms with Crippen molar-refractivity contribution in [3.8, 4) is 23.0 Å². The monoisotopic (exact) mass is 986 g/mol. The van der Waals surface area contributed by atoms with E-state index in [9.17, 15) is 14.4 Å². The van der Waals surface area contributed by atoms with E-state index in [1.165, 1.54) is 25.7 Å². The van der Waals surface area contributed by atoms with Crippen LogP contribution in [0.1, 0.15) is 86.4 Å². The molecule has 2 aliphatic heterocycles. The first kappa shape index (κ1) is 48.3. The van der Waals surface area contributed by atoms with Crippen LogP contribution < -0.4 is 17.2 Å². The van der Waals surface area contributed by atoms with Crippen LogP contribution in [0.25, 0.3) is 67.2 Å². The summed E-state index contributed by atoms with van der Waals surface area (Å²) in [5.74, 6) is 2.72. The third-order valence-corrected chi connectivity index (χ3v) is 14.8. The van der Waals surface area contributed by atoms with Crippen molar-refractivity contribution in [1.82, 2.24) is 48.0 Å². The minimum Gasteiger partial charge on any atom is -0.460 e. The van der Waals surface area contributed by atoms with Gasteiger partial charge < -0.3 is 50.0 Å². The van der Waals surface area contributed by atoms with Gasteiger partial charge in [-0.1, -0.05) is 0 Å². The quantitative estimate of drug-likeness (QED) is 0.118. The summed E-state index contributed by atoms with van der Waals surface area (Å²) in [5.41, 5.74) is 26.8. The number of carbonyl (C=O) groups is 3. The first-order valence-corrected chi connectivity index (χ1v) is 25.9. The maximum Gasteiger partial charge on any atom is 0.306 e. The van der Waals surface area contributed by atoms with Crippen molar-refractivity contribution in [2.45, 2.75) is 103 Å². The van der Waals surface area contributed by atoms with Crippen LogP contribution in [0.4, 0.5) is 0 Å². The number of fused-ring (bicyclic) bond motifs is 4. The maximum absolute atomic E-state index is 13.6. The molecule has 6 aromatic heterocycles. The molecule has 0 radical (unpaired) electrons. The Morgan fingerprint density at radius 2 is 1.05 bits per heavy atom. The SMILES string of the molecule is Cn1c(-c2cc3cccnc3n2CC2CC2)nc2cc(C(=O)N3C[C@@H](N)C[C@@H](CC(=O)OC(C)(C)C)C3)ccc21.Cn1c(-c2cc3cccnc3n2CC2CC2)nc2cc(C(=O)N3C[C@H](N)C[C@H](N)C3)ccc21. The minimum absolute atomic E-state index is 0.0327. The van der Waals surface area contributed by atoms with E-state index >= 15 is 0 Å². The fraction of sp³-hybridized carbons (Fsp3) is 0.446. The van der Waals surface area contributed by atoms with Gasteiger partial charge in [0.05, 0.1) is 39.9 Å². The molecule has 8 aromatic rings. The van der Waals surface area contributed by atoms with Gasteiger partial charge in [0.15, 0.2) is 11.6 Å². The molecule has 2 aromatic carbocycles. The zero-order chi connectivity index (χ0) is 50.9. The Kier molecular flexibility index (Phi) is 12.7. The summed E-state index contributed by atoms with van der Waals surface area (Å²) in [7, 11) is 4.05. The average molecular weight is 986 g/mol. The van der Waals surface area contributed by atoms with Gasteiger partial charge >= 0.3 is 5.97 Å². The molecule has 17 nitrogen and oxygen atoms in total. The molecule has 2 amide bonds. The van der Waals surface area contributed by atoms with Gasteiger partial charge in [0.1, 0.15) is 16.9 Å². The molecule has 17 heteroatoms. The second-order valence-electron chi connectivity index (χ2n) is 22.2. The van der Waals surface area contributed by atoms with Gasteiger partial charge in [0, 0.05) is 106 Å². The van der Waals surface area contributed by atoms with Gasteiger partial charge in [-0.15, -0.1) is 0 Å². The predicted molar refractivity (Wildman–Crippen MR) is 283 cm³/mol. The molecule has 2 aliphatic carbocycles. The van der Waals surface area contributed by atoms with E-state index in [0.717, 1.165) is 86.7 Å². The lowest BCUT2D eigenvalue weighted by molar-refractivity contribution is -0.156. The Labute approximate surface area is 424 Å². The number of pyridine rings is 2. The lowest BCUT2D eigenvalue weighted by Gasteiger charge is -2.36. The van der Waals surface area contributed by atoms with Crippen LogP contribution in [0, 0.1) is 17.8 Å². The van der Waals surface area contributed by atoms with Crippen LogP contribution >= 0.6 is 0 Å². The zero-order valence-electron chi connectivity index (χ0n) is 42.6. The number of carbonyl (C=O) groups excluding carboxylic acids is 3. The Bertz CT molecular complexity index is 3400. The number of hydrogen-bond acceptors (Lipinski definition) is 11. The summed E-state index contributed by atoms with van der Waals surface area (Å²) < 4.78 is 14.3. The molecule has 4 aliphatic rings. The largest absolute Gasteiger partial charge is 0.460 e. The van der Waals surface area contributed by atoms with E-state index < -0.39 is 5.60 Å². The third kappa shape index (κ3) is 10.1. The molecule has 0 bridgehead atoms. The highest BCUT2D eigenvalue weighted by molar-refractivity contribution is 5.99. The van der Waals surface area contributed by atoms with E-state index in [4.69, 9.17) is 31.9 Å². The van der Waals surface area contributed by atoms with E-state index in [-0.39, 0.29) is 48.2 Å². The molecule has 12 rings (SSSR count). The van der Waals surface area contributed by atoms with Crippen LogP contribution in [0.3, 0.4) is 0 Å². The van der Waals surface area contributed by atoms with Gasteiger partial charge in [0.2, 0.25) is 0 Å². The highest BCUT2D eigenvalue weighted by atomic mass is 16.6. The van der Waals surface area contributed by atoms with Gasteiger partial charge in [-0.2, -0.15) is 0 Å². The summed E-state index contributed by atoms with van der Waals surface area (Å²) in [6, 6.07) is 23.6. The first-order chi connectivity index (χ1) is 35.0. The molecule has 4 fully saturated rings. The molecule has 73 heavy (non-hydrogen) atoms. The molecule has 380 valence electrons. The first-order valence-electron chi connectivity index (χ1n) is 25.9. The Balaban J connectivity index is 0.000000160. The van der Waals surface area contributed by atoms with Gasteiger partial charge in [-0.25, -0.2) is 19.9 Å². The molecule has 8 heterocycles. The Hall–Kier alpha value is -6.95. The van der Waals surface area contributed by atoms with Crippen molar-refractivity contribution in [1.29, 1.82) is 0 Å². The van der Waals surface area contributed by atoms with Crippen molar-refractivity contribution >= 4 is 61.9 Å². The lowest BCUT2D eigenvalue weighted by Crippen LogP contribution is -2.54. The number of likely N-dealkylation sites (tertiary alicyclic amines) is 2. The van der Waals surface area contributed by atoms with E-state index in [1.54, 1.807) is 9.80 Å². The fourth-order valence-corrected chi connectivity index (χ4v) is 11.0. The number of piperidine rings is 2. The number of nitrogens with zero attached hydrogens (tertiary/aromatic N) is 10. The highest BCUT2D eigenvalue weighted by Gasteiger charge is 2.33. The van der Waals surface area contributed by atoms with Crippen molar-refractivity contribution in [3.05, 3.63) is 96.3 Å². The van der Waals surface area contributed by atoms with Crippen LogP contribution in [-0.2, 0) is 36.7 Å². The number of esters is 1. The van der Waals surface area contributed by atoms with Crippen molar-refractivity contribution in [2.75, 3.05) is 26.2 Å². The molecule has 2 saturated carbocycles. The predicted octanol–water partition coefficient (Wildman–Crippen LogP) is 7.02. The van der Waals surface area contributed by atoms with Crippen molar-refractivity contribution < 1.29 is 19.1 Å². The molecular formula is C56H67N13O4. The average Bonchev–Trinajstić information content (AvgIpc) is 4.24. The minimum atomic E-state index is -0.539. The number of ether oxygens (including phenoxy) is 1. The normalized spacial score (nSPS) is 20.5. The van der Waals surface area contributed by atoms with Crippen molar-refractivity contribution in [2.24, 2.45) is 49.1 Å². The van der Waals surface area contributed by atoms with E-state index in [1.807, 2.05) is 95.8 Å². The molecule has 4 atom stereocenters. The molecule has 0 unspecified atom stereocenters. The summed E-state index contributed by atoms with van der Waals surface area (Å²) in [6.07, 6.45) is 10.4. The van der Waals surface area contributed by atoms with Gasteiger partial charge in [-0.3, -0.25) is 14.4 Å². The highest BCUT2D eigenvalue weighted by Crippen LogP contribution is 2.38. The second kappa shape index (κ2) is 19.1. The Morgan fingerprint density at radius 1 is 0.603 bits per heavy atom. The molecular weight excluding hydrogens is 919 g/mol. The summed E-state index contributed by atoms with van der Waals surface area (Å²) in [6.45, 7) is 9.47. The van der Waals surface area contributed by atoms with Gasteiger partial charge in [0.25, 0.3) is 11.8 Å². The van der Waals surface area contributed by atoms with Crippen LogP contribution in [0.15, 0.2) is 85.2 Å². The van der Waals surface area contributed by atoms with E-state index in [0.29, 0.717) is 55.6 Å². The number of hydrogen-bond donors (Lipinski definition) is 3. The number of aromatic nitrogens is 8. The van der Waals surface area contributed by atoms with E-state index in [2.05, 4.69) is 52.5 Å². The summed E-state index contributed by atoms with van der Waals surface area (Å²) in [5, 5.41) is 2.22. The van der Waals surface area contributed by atoms with Crippen molar-refractivity contribution in [3.63, 3.8) is 0 Å².